The zero-order chi connectivity index (χ0) is 21.6. The Morgan fingerprint density at radius 3 is 2.90 bits per heavy atom. The van der Waals surface area contributed by atoms with Crippen molar-refractivity contribution in [1.29, 1.82) is 0 Å². The fourth-order valence-corrected chi connectivity index (χ4v) is 5.77. The predicted molar refractivity (Wildman–Crippen MR) is 118 cm³/mol. The van der Waals surface area contributed by atoms with Gasteiger partial charge in [-0.15, -0.1) is 11.3 Å². The van der Waals surface area contributed by atoms with Gasteiger partial charge in [-0.3, -0.25) is 9.59 Å². The lowest BCUT2D eigenvalue weighted by molar-refractivity contribution is -0.137. The van der Waals surface area contributed by atoms with Gasteiger partial charge in [0, 0.05) is 28.9 Å². The lowest BCUT2D eigenvalue weighted by Crippen LogP contribution is -2.59. The lowest BCUT2D eigenvalue weighted by atomic mass is 9.54. The summed E-state index contributed by atoms with van der Waals surface area (Å²) in [6.07, 6.45) is 0.827. The molecule has 1 aromatic heterocycles. The fraction of sp³-hybridized carbons (Fsp3) is 0.500. The minimum Gasteiger partial charge on any atom is -0.481 e. The van der Waals surface area contributed by atoms with Crippen LogP contribution in [-0.4, -0.2) is 46.0 Å². The van der Waals surface area contributed by atoms with Gasteiger partial charge in [-0.1, -0.05) is 38.4 Å². The summed E-state index contributed by atoms with van der Waals surface area (Å²) in [7, 11) is 0. The zero-order valence-corrected chi connectivity index (χ0v) is 18.9. The molecule has 2 N–H and O–H groups in total. The number of rotatable bonds is 6. The number of likely N-dealkylation sites (tertiary alicyclic amines) is 1. The van der Waals surface area contributed by atoms with E-state index in [4.69, 9.17) is 16.7 Å². The van der Waals surface area contributed by atoms with Crippen molar-refractivity contribution < 1.29 is 14.7 Å². The van der Waals surface area contributed by atoms with Gasteiger partial charge in [0.25, 0.3) is 0 Å². The number of piperidine rings is 1. The van der Waals surface area contributed by atoms with Gasteiger partial charge >= 0.3 is 5.97 Å². The number of carboxylic acid groups (broad SMARTS) is 1. The average Bonchev–Trinajstić information content (AvgIpc) is 3.11. The van der Waals surface area contributed by atoms with Crippen molar-refractivity contribution in [2.45, 2.75) is 51.0 Å². The van der Waals surface area contributed by atoms with Crippen LogP contribution in [0, 0.1) is 5.92 Å². The number of benzene rings is 1. The van der Waals surface area contributed by atoms with E-state index in [1.807, 2.05) is 30.9 Å². The van der Waals surface area contributed by atoms with Crippen LogP contribution in [0.1, 0.15) is 49.9 Å². The first-order valence-corrected chi connectivity index (χ1v) is 11.5. The number of halogens is 1. The number of carboxylic acids is 1. The van der Waals surface area contributed by atoms with Gasteiger partial charge in [-0.05, 0) is 41.5 Å². The third kappa shape index (κ3) is 3.69. The Morgan fingerprint density at radius 1 is 1.43 bits per heavy atom. The molecule has 2 aromatic rings. The molecule has 0 radical (unpaired) electrons. The molecule has 0 spiro atoms. The first-order valence-electron chi connectivity index (χ1n) is 10.2. The molecule has 1 aromatic carbocycles. The second kappa shape index (κ2) is 7.85. The van der Waals surface area contributed by atoms with E-state index in [2.05, 4.69) is 23.3 Å². The van der Waals surface area contributed by atoms with Crippen LogP contribution in [0.25, 0.3) is 0 Å². The minimum absolute atomic E-state index is 0.0640. The van der Waals surface area contributed by atoms with E-state index < -0.39 is 12.0 Å². The third-order valence-corrected chi connectivity index (χ3v) is 7.45. The maximum atomic E-state index is 13.4. The molecule has 1 amide bonds. The number of carbonyl (C=O) groups is 2. The van der Waals surface area contributed by atoms with Crippen LogP contribution < -0.4 is 5.32 Å². The molecule has 1 fully saturated rings. The number of amides is 1. The summed E-state index contributed by atoms with van der Waals surface area (Å²) < 4.78 is 0. The van der Waals surface area contributed by atoms with E-state index in [0.717, 1.165) is 18.0 Å². The number of nitrogens with one attached hydrogen (secondary N) is 1. The highest BCUT2D eigenvalue weighted by Crippen LogP contribution is 2.56. The maximum Gasteiger partial charge on any atom is 0.309 e. The highest BCUT2D eigenvalue weighted by Gasteiger charge is 2.52. The third-order valence-electron chi connectivity index (χ3n) is 6.39. The molecule has 1 aliphatic heterocycles. The number of fused-ring (bicyclic) bond motifs is 4. The number of hydrogen-bond acceptors (Lipinski definition) is 5. The molecule has 160 valence electrons. The Balaban J connectivity index is 1.49. The highest BCUT2D eigenvalue weighted by atomic mass is 35.5. The summed E-state index contributed by atoms with van der Waals surface area (Å²) in [4.78, 5) is 30.6. The van der Waals surface area contributed by atoms with Crippen LogP contribution in [0.15, 0.2) is 23.6 Å². The number of thiazole rings is 1. The molecule has 8 heteroatoms. The van der Waals surface area contributed by atoms with E-state index in [1.165, 1.54) is 22.5 Å². The van der Waals surface area contributed by atoms with Gasteiger partial charge in [0.1, 0.15) is 6.04 Å². The molecule has 0 bridgehead atoms. The summed E-state index contributed by atoms with van der Waals surface area (Å²) in [5, 5.41) is 15.2. The van der Waals surface area contributed by atoms with Gasteiger partial charge in [0.2, 0.25) is 5.91 Å². The summed E-state index contributed by atoms with van der Waals surface area (Å²) in [5.74, 6) is -0.315. The van der Waals surface area contributed by atoms with Gasteiger partial charge in [-0.2, -0.15) is 0 Å². The van der Waals surface area contributed by atoms with Crippen molar-refractivity contribution >= 4 is 39.9 Å². The monoisotopic (exact) mass is 447 g/mol. The SMILES string of the molecule is CC(C)[C@@H](Nc1nc(CC(=O)O)cs1)C(=O)N1CCC2c3ccc(Cl)cc3C2(C)C1. The summed E-state index contributed by atoms with van der Waals surface area (Å²) in [6, 6.07) is 5.70. The van der Waals surface area contributed by atoms with Crippen LogP contribution in [0.2, 0.25) is 5.02 Å². The molecule has 2 heterocycles. The molecular formula is C22H26ClN3O3S. The summed E-state index contributed by atoms with van der Waals surface area (Å²) >= 11 is 7.56. The molecule has 30 heavy (non-hydrogen) atoms. The van der Waals surface area contributed by atoms with Gasteiger partial charge in [0.05, 0.1) is 12.1 Å². The molecule has 6 nitrogen and oxygen atoms in total. The van der Waals surface area contributed by atoms with Crippen LogP contribution in [0.3, 0.4) is 0 Å². The van der Waals surface area contributed by atoms with E-state index in [0.29, 0.717) is 23.3 Å². The van der Waals surface area contributed by atoms with Gasteiger partial charge in [0.15, 0.2) is 5.13 Å². The molecule has 2 unspecified atom stereocenters. The molecule has 4 rings (SSSR count). The van der Waals surface area contributed by atoms with Crippen molar-refractivity contribution in [1.82, 2.24) is 9.88 Å². The molecule has 2 aliphatic rings. The summed E-state index contributed by atoms with van der Waals surface area (Å²) in [5.41, 5.74) is 3.05. The molecular weight excluding hydrogens is 422 g/mol. The first-order chi connectivity index (χ1) is 14.2. The van der Waals surface area contributed by atoms with Crippen LogP contribution in [-0.2, 0) is 21.4 Å². The van der Waals surface area contributed by atoms with Crippen molar-refractivity contribution in [2.24, 2.45) is 5.92 Å². The number of aromatic nitrogens is 1. The van der Waals surface area contributed by atoms with E-state index >= 15 is 0 Å². The van der Waals surface area contributed by atoms with Crippen molar-refractivity contribution in [2.75, 3.05) is 18.4 Å². The topological polar surface area (TPSA) is 82.5 Å². The van der Waals surface area contributed by atoms with Crippen molar-refractivity contribution in [3.8, 4) is 0 Å². The Labute approximate surface area is 185 Å². The number of aliphatic carboxylic acids is 1. The van der Waals surface area contributed by atoms with E-state index in [-0.39, 0.29) is 23.7 Å². The maximum absolute atomic E-state index is 13.4. The Kier molecular flexibility index (Phi) is 5.53. The van der Waals surface area contributed by atoms with Crippen molar-refractivity contribution in [3.05, 3.63) is 45.4 Å². The molecule has 0 saturated carbocycles. The second-order valence-electron chi connectivity index (χ2n) is 8.83. The van der Waals surface area contributed by atoms with E-state index in [1.54, 1.807) is 5.38 Å². The standard InChI is InChI=1S/C22H26ClN3O3S/c1-12(2)19(25-21-24-14(10-30-21)9-18(27)28)20(29)26-7-6-16-15-5-4-13(23)8-17(15)22(16,3)11-26/h4-5,8,10,12,16,19H,6-7,9,11H2,1-3H3,(H,24,25)(H,27,28)/t16?,19-,22?/m1/s1. The number of hydrogen-bond donors (Lipinski definition) is 2. The summed E-state index contributed by atoms with van der Waals surface area (Å²) in [6.45, 7) is 7.65. The zero-order valence-electron chi connectivity index (χ0n) is 17.3. The fourth-order valence-electron chi connectivity index (χ4n) is 4.85. The van der Waals surface area contributed by atoms with Crippen LogP contribution in [0.5, 0.6) is 0 Å². The van der Waals surface area contributed by atoms with Gasteiger partial charge in [-0.25, -0.2) is 4.98 Å². The Morgan fingerprint density at radius 2 is 2.20 bits per heavy atom. The number of nitrogens with zero attached hydrogens (tertiary/aromatic N) is 2. The highest BCUT2D eigenvalue weighted by molar-refractivity contribution is 7.13. The number of carbonyl (C=O) groups excluding carboxylic acids is 1. The van der Waals surface area contributed by atoms with Crippen molar-refractivity contribution in [3.63, 3.8) is 0 Å². The second-order valence-corrected chi connectivity index (χ2v) is 10.1. The molecule has 3 atom stereocenters. The van der Waals surface area contributed by atoms with Crippen LogP contribution >= 0.6 is 22.9 Å². The Bertz CT molecular complexity index is 992. The normalized spacial score (nSPS) is 23.4. The molecule has 1 aliphatic carbocycles. The average molecular weight is 448 g/mol. The molecule has 1 saturated heterocycles. The van der Waals surface area contributed by atoms with Gasteiger partial charge < -0.3 is 15.3 Å². The lowest BCUT2D eigenvalue weighted by Gasteiger charge is -2.55. The predicted octanol–water partition coefficient (Wildman–Crippen LogP) is 4.15. The minimum atomic E-state index is -0.916. The first kappa shape index (κ1) is 21.1. The van der Waals surface area contributed by atoms with E-state index in [9.17, 15) is 9.59 Å². The quantitative estimate of drug-likeness (QED) is 0.695. The smallest absolute Gasteiger partial charge is 0.309 e. The largest absolute Gasteiger partial charge is 0.481 e. The Hall–Kier alpha value is -2.12. The van der Waals surface area contributed by atoms with Crippen LogP contribution in [0.4, 0.5) is 5.13 Å². The number of anilines is 1.